The highest BCUT2D eigenvalue weighted by Crippen LogP contribution is 2.37. The van der Waals surface area contributed by atoms with Crippen LogP contribution < -0.4 is 10.2 Å². The van der Waals surface area contributed by atoms with Gasteiger partial charge in [-0.2, -0.15) is 0 Å². The van der Waals surface area contributed by atoms with E-state index in [1.165, 1.54) is 35.0 Å². The van der Waals surface area contributed by atoms with Gasteiger partial charge in [0.05, 0.1) is 0 Å². The van der Waals surface area contributed by atoms with E-state index in [2.05, 4.69) is 70.4 Å². The average Bonchev–Trinajstić information content (AvgIpc) is 2.35. The van der Waals surface area contributed by atoms with Crippen LogP contribution in [0.2, 0.25) is 0 Å². The minimum atomic E-state index is 0.366. The maximum absolute atomic E-state index is 3.68. The monoisotopic (exact) mass is 339 g/mol. The molecule has 0 heterocycles. The molecule has 1 fully saturated rings. The van der Waals surface area contributed by atoms with Crippen LogP contribution in [0.4, 0.5) is 5.69 Å². The van der Waals surface area contributed by atoms with Crippen LogP contribution >= 0.6 is 15.9 Å². The molecule has 0 amide bonds. The molecule has 0 atom stereocenters. The standard InChI is InChI=1S/C16H26BrN3/c1-18-11-13-6-7-14(10-15(13)17)20(4)12-16(19(2)3)8-5-9-16/h6-7,10,18H,5,8-9,11-12H2,1-4H3. The predicted molar refractivity (Wildman–Crippen MR) is 90.4 cm³/mol. The molecule has 0 radical (unpaired) electrons. The van der Waals surface area contributed by atoms with Crippen LogP contribution in [-0.4, -0.2) is 45.2 Å². The summed E-state index contributed by atoms with van der Waals surface area (Å²) >= 11 is 3.68. The molecule has 20 heavy (non-hydrogen) atoms. The molecule has 112 valence electrons. The number of benzene rings is 1. The van der Waals surface area contributed by atoms with Gasteiger partial charge in [-0.3, -0.25) is 0 Å². The van der Waals surface area contributed by atoms with E-state index < -0.39 is 0 Å². The third-order valence-corrected chi connectivity index (χ3v) is 5.35. The topological polar surface area (TPSA) is 18.5 Å². The third kappa shape index (κ3) is 3.18. The summed E-state index contributed by atoms with van der Waals surface area (Å²) < 4.78 is 1.18. The predicted octanol–water partition coefficient (Wildman–Crippen LogP) is 3.09. The van der Waals surface area contributed by atoms with Crippen molar-refractivity contribution in [2.75, 3.05) is 39.6 Å². The first kappa shape index (κ1) is 15.8. The van der Waals surface area contributed by atoms with Gasteiger partial charge in [-0.1, -0.05) is 22.0 Å². The zero-order chi connectivity index (χ0) is 14.8. The summed E-state index contributed by atoms with van der Waals surface area (Å²) in [6, 6.07) is 6.66. The molecule has 0 bridgehead atoms. The van der Waals surface area contributed by atoms with Crippen molar-refractivity contribution in [1.29, 1.82) is 0 Å². The Bertz CT molecular complexity index is 455. The summed E-state index contributed by atoms with van der Waals surface area (Å²) in [5.41, 5.74) is 2.95. The number of nitrogens with zero attached hydrogens (tertiary/aromatic N) is 2. The van der Waals surface area contributed by atoms with Gasteiger partial charge in [0.2, 0.25) is 0 Å². The Morgan fingerprint density at radius 2 is 1.95 bits per heavy atom. The molecule has 1 aliphatic rings. The highest BCUT2D eigenvalue weighted by atomic mass is 79.9. The number of likely N-dealkylation sites (N-methyl/N-ethyl adjacent to an activating group) is 2. The lowest BCUT2D eigenvalue weighted by atomic mass is 9.75. The minimum Gasteiger partial charge on any atom is -0.373 e. The van der Waals surface area contributed by atoms with Crippen molar-refractivity contribution in [2.45, 2.75) is 31.3 Å². The van der Waals surface area contributed by atoms with E-state index in [1.807, 2.05) is 7.05 Å². The Balaban J connectivity index is 2.09. The van der Waals surface area contributed by atoms with Crippen molar-refractivity contribution in [3.05, 3.63) is 28.2 Å². The maximum Gasteiger partial charge on any atom is 0.0378 e. The van der Waals surface area contributed by atoms with Gasteiger partial charge in [0.25, 0.3) is 0 Å². The highest BCUT2D eigenvalue weighted by molar-refractivity contribution is 9.10. The quantitative estimate of drug-likeness (QED) is 0.859. The first-order valence-corrected chi connectivity index (χ1v) is 8.09. The van der Waals surface area contributed by atoms with Gasteiger partial charge in [-0.15, -0.1) is 0 Å². The Labute approximate surface area is 131 Å². The first-order chi connectivity index (χ1) is 9.48. The van der Waals surface area contributed by atoms with Crippen LogP contribution in [0, 0.1) is 0 Å². The normalized spacial score (nSPS) is 17.1. The minimum absolute atomic E-state index is 0.366. The Hall–Kier alpha value is -0.580. The second-order valence-corrected chi connectivity index (χ2v) is 6.99. The van der Waals surface area contributed by atoms with Crippen molar-refractivity contribution in [3.63, 3.8) is 0 Å². The van der Waals surface area contributed by atoms with Gasteiger partial charge in [0.1, 0.15) is 0 Å². The molecule has 0 aromatic heterocycles. The molecule has 0 spiro atoms. The van der Waals surface area contributed by atoms with Crippen molar-refractivity contribution in [3.8, 4) is 0 Å². The van der Waals surface area contributed by atoms with Gasteiger partial charge in [0.15, 0.2) is 0 Å². The van der Waals surface area contributed by atoms with Gasteiger partial charge >= 0.3 is 0 Å². The van der Waals surface area contributed by atoms with Gasteiger partial charge < -0.3 is 15.1 Å². The van der Waals surface area contributed by atoms with Gasteiger partial charge in [-0.25, -0.2) is 0 Å². The number of hydrogen-bond acceptors (Lipinski definition) is 3. The zero-order valence-electron chi connectivity index (χ0n) is 13.0. The molecular weight excluding hydrogens is 314 g/mol. The van der Waals surface area contributed by atoms with E-state index in [4.69, 9.17) is 0 Å². The van der Waals surface area contributed by atoms with E-state index in [9.17, 15) is 0 Å². The molecular formula is C16H26BrN3. The molecule has 0 unspecified atom stereocenters. The fourth-order valence-electron chi connectivity index (χ4n) is 2.97. The van der Waals surface area contributed by atoms with Crippen molar-refractivity contribution in [1.82, 2.24) is 10.2 Å². The van der Waals surface area contributed by atoms with Crippen LogP contribution in [-0.2, 0) is 6.54 Å². The van der Waals surface area contributed by atoms with Crippen molar-refractivity contribution in [2.24, 2.45) is 0 Å². The van der Waals surface area contributed by atoms with E-state index in [0.717, 1.165) is 13.1 Å². The summed E-state index contributed by atoms with van der Waals surface area (Å²) in [6.45, 7) is 1.99. The molecule has 2 rings (SSSR count). The molecule has 3 nitrogen and oxygen atoms in total. The molecule has 1 saturated carbocycles. The number of nitrogens with one attached hydrogen (secondary N) is 1. The second kappa shape index (κ2) is 6.46. The van der Waals surface area contributed by atoms with Gasteiger partial charge in [-0.05, 0) is 58.1 Å². The van der Waals surface area contributed by atoms with Crippen molar-refractivity contribution < 1.29 is 0 Å². The van der Waals surface area contributed by atoms with E-state index in [-0.39, 0.29) is 0 Å². The van der Waals surface area contributed by atoms with E-state index in [0.29, 0.717) is 5.54 Å². The van der Waals surface area contributed by atoms with Crippen LogP contribution in [0.15, 0.2) is 22.7 Å². The summed E-state index contributed by atoms with van der Waals surface area (Å²) in [4.78, 5) is 4.78. The average molecular weight is 340 g/mol. The fraction of sp³-hybridized carbons (Fsp3) is 0.625. The smallest absolute Gasteiger partial charge is 0.0378 e. The molecule has 0 saturated heterocycles. The molecule has 4 heteroatoms. The number of halogens is 1. The maximum atomic E-state index is 3.68. The molecule has 1 aromatic rings. The third-order valence-electron chi connectivity index (χ3n) is 4.61. The Morgan fingerprint density at radius 1 is 1.25 bits per heavy atom. The lowest BCUT2D eigenvalue weighted by molar-refractivity contribution is 0.0683. The zero-order valence-corrected chi connectivity index (χ0v) is 14.6. The van der Waals surface area contributed by atoms with E-state index in [1.54, 1.807) is 0 Å². The number of rotatable bonds is 6. The molecule has 1 N–H and O–H groups in total. The summed E-state index contributed by atoms with van der Waals surface area (Å²) in [5.74, 6) is 0. The Morgan fingerprint density at radius 3 is 2.40 bits per heavy atom. The fourth-order valence-corrected chi connectivity index (χ4v) is 3.48. The van der Waals surface area contributed by atoms with Crippen LogP contribution in [0.3, 0.4) is 0 Å². The molecule has 1 aliphatic carbocycles. The van der Waals surface area contributed by atoms with Crippen LogP contribution in [0.1, 0.15) is 24.8 Å². The number of hydrogen-bond donors (Lipinski definition) is 1. The van der Waals surface area contributed by atoms with Crippen molar-refractivity contribution >= 4 is 21.6 Å². The molecule has 0 aliphatic heterocycles. The van der Waals surface area contributed by atoms with E-state index >= 15 is 0 Å². The van der Waals surface area contributed by atoms with Gasteiger partial charge in [0, 0.05) is 35.8 Å². The molecule has 1 aromatic carbocycles. The lowest BCUT2D eigenvalue weighted by Gasteiger charge is -2.49. The van der Waals surface area contributed by atoms with Crippen LogP contribution in [0.25, 0.3) is 0 Å². The largest absolute Gasteiger partial charge is 0.373 e. The highest BCUT2D eigenvalue weighted by Gasteiger charge is 2.39. The first-order valence-electron chi connectivity index (χ1n) is 7.30. The Kier molecular flexibility index (Phi) is 5.10. The summed E-state index contributed by atoms with van der Waals surface area (Å²) in [5, 5.41) is 3.19. The lowest BCUT2D eigenvalue weighted by Crippen LogP contribution is -2.56. The van der Waals surface area contributed by atoms with Crippen LogP contribution in [0.5, 0.6) is 0 Å². The number of anilines is 1. The summed E-state index contributed by atoms with van der Waals surface area (Å²) in [6.07, 6.45) is 3.98. The summed E-state index contributed by atoms with van der Waals surface area (Å²) in [7, 11) is 8.59. The SMILES string of the molecule is CNCc1ccc(N(C)CC2(N(C)C)CCC2)cc1Br. The second-order valence-electron chi connectivity index (χ2n) is 6.13.